The third-order valence-corrected chi connectivity index (χ3v) is 2.13. The molecule has 1 heterocycles. The van der Waals surface area contributed by atoms with Crippen LogP contribution >= 0.6 is 0 Å². The van der Waals surface area contributed by atoms with E-state index in [4.69, 9.17) is 10.5 Å². The molecule has 15 heavy (non-hydrogen) atoms. The van der Waals surface area contributed by atoms with E-state index < -0.39 is 0 Å². The Morgan fingerprint density at radius 2 is 2.20 bits per heavy atom. The summed E-state index contributed by atoms with van der Waals surface area (Å²) in [6, 6.07) is 5.53. The molecule has 0 saturated carbocycles. The zero-order valence-electron chi connectivity index (χ0n) is 8.64. The van der Waals surface area contributed by atoms with Crippen molar-refractivity contribution in [2.24, 2.45) is 7.05 Å². The first kappa shape index (κ1) is 9.51. The van der Waals surface area contributed by atoms with Crippen LogP contribution in [0, 0.1) is 0 Å². The summed E-state index contributed by atoms with van der Waals surface area (Å²) in [7, 11) is 3.41. The van der Waals surface area contributed by atoms with Crippen LogP contribution in [-0.4, -0.2) is 22.1 Å². The zero-order chi connectivity index (χ0) is 10.8. The van der Waals surface area contributed by atoms with E-state index >= 15 is 0 Å². The number of methoxy groups -OCH3 is 1. The number of rotatable bonds is 2. The first-order valence-electron chi connectivity index (χ1n) is 4.51. The molecule has 1 aromatic heterocycles. The standard InChI is InChI=1S/C10H12N4O/c1-14-6-9(12-13-14)7-3-4-8(11)10(5-7)15-2/h3-6H,11H2,1-2H3. The number of benzene rings is 1. The van der Waals surface area contributed by atoms with E-state index in [0.717, 1.165) is 11.3 Å². The average molecular weight is 204 g/mol. The van der Waals surface area contributed by atoms with Gasteiger partial charge in [0, 0.05) is 12.6 Å². The highest BCUT2D eigenvalue weighted by atomic mass is 16.5. The second kappa shape index (κ2) is 3.61. The van der Waals surface area contributed by atoms with E-state index in [1.807, 2.05) is 25.4 Å². The van der Waals surface area contributed by atoms with E-state index in [9.17, 15) is 0 Å². The third-order valence-electron chi connectivity index (χ3n) is 2.13. The molecule has 0 spiro atoms. The van der Waals surface area contributed by atoms with Gasteiger partial charge in [0.2, 0.25) is 0 Å². The van der Waals surface area contributed by atoms with Gasteiger partial charge in [-0.05, 0) is 12.1 Å². The molecule has 5 nitrogen and oxygen atoms in total. The van der Waals surface area contributed by atoms with Crippen LogP contribution in [0.2, 0.25) is 0 Å². The summed E-state index contributed by atoms with van der Waals surface area (Å²) < 4.78 is 6.78. The van der Waals surface area contributed by atoms with Crippen molar-refractivity contribution in [1.82, 2.24) is 15.0 Å². The van der Waals surface area contributed by atoms with Gasteiger partial charge in [-0.2, -0.15) is 0 Å². The van der Waals surface area contributed by atoms with Crippen LogP contribution in [0.15, 0.2) is 24.4 Å². The first-order chi connectivity index (χ1) is 7.20. The molecule has 2 N–H and O–H groups in total. The predicted octanol–water partition coefficient (Wildman–Crippen LogP) is 1.07. The predicted molar refractivity (Wildman–Crippen MR) is 57.4 cm³/mol. The fraction of sp³-hybridized carbons (Fsp3) is 0.200. The lowest BCUT2D eigenvalue weighted by Crippen LogP contribution is -1.92. The Kier molecular flexibility index (Phi) is 2.29. The maximum atomic E-state index is 5.72. The number of hydrogen-bond acceptors (Lipinski definition) is 4. The number of nitrogens with two attached hydrogens (primary N) is 1. The molecule has 2 aromatic rings. The van der Waals surface area contributed by atoms with Crippen LogP contribution in [0.1, 0.15) is 0 Å². The van der Waals surface area contributed by atoms with E-state index in [0.29, 0.717) is 11.4 Å². The lowest BCUT2D eigenvalue weighted by atomic mass is 10.1. The second-order valence-electron chi connectivity index (χ2n) is 3.23. The molecule has 0 aliphatic carbocycles. The van der Waals surface area contributed by atoms with Gasteiger partial charge < -0.3 is 10.5 Å². The van der Waals surface area contributed by atoms with Gasteiger partial charge >= 0.3 is 0 Å². The third kappa shape index (κ3) is 1.76. The highest BCUT2D eigenvalue weighted by molar-refractivity contribution is 5.66. The minimum atomic E-state index is 0.616. The Morgan fingerprint density at radius 3 is 2.80 bits per heavy atom. The highest BCUT2D eigenvalue weighted by Gasteiger charge is 2.05. The molecular formula is C10H12N4O. The highest BCUT2D eigenvalue weighted by Crippen LogP contribution is 2.27. The zero-order valence-corrected chi connectivity index (χ0v) is 8.64. The van der Waals surface area contributed by atoms with Gasteiger partial charge in [-0.1, -0.05) is 11.3 Å². The number of aromatic nitrogens is 3. The fourth-order valence-corrected chi connectivity index (χ4v) is 1.35. The number of nitrogens with zero attached hydrogens (tertiary/aromatic N) is 3. The molecule has 0 fully saturated rings. The average Bonchev–Trinajstić information content (AvgIpc) is 2.66. The van der Waals surface area contributed by atoms with E-state index in [2.05, 4.69) is 10.3 Å². The molecule has 0 radical (unpaired) electrons. The van der Waals surface area contributed by atoms with Crippen molar-refractivity contribution in [2.45, 2.75) is 0 Å². The van der Waals surface area contributed by atoms with Crippen molar-refractivity contribution in [2.75, 3.05) is 12.8 Å². The SMILES string of the molecule is COc1cc(-c2cn(C)nn2)ccc1N. The van der Waals surface area contributed by atoms with Crippen LogP contribution in [0.4, 0.5) is 5.69 Å². The van der Waals surface area contributed by atoms with Gasteiger partial charge in [-0.25, -0.2) is 0 Å². The number of anilines is 1. The molecule has 0 aliphatic rings. The van der Waals surface area contributed by atoms with Crippen LogP contribution in [0.3, 0.4) is 0 Å². The van der Waals surface area contributed by atoms with Gasteiger partial charge in [-0.15, -0.1) is 5.10 Å². The minimum absolute atomic E-state index is 0.616. The monoisotopic (exact) mass is 204 g/mol. The molecular weight excluding hydrogens is 192 g/mol. The summed E-state index contributed by atoms with van der Waals surface area (Å²) in [6.45, 7) is 0. The summed E-state index contributed by atoms with van der Waals surface area (Å²) in [5, 5.41) is 7.87. The van der Waals surface area contributed by atoms with Crippen LogP contribution in [0.25, 0.3) is 11.3 Å². The minimum Gasteiger partial charge on any atom is -0.495 e. The Balaban J connectivity index is 2.45. The van der Waals surface area contributed by atoms with Gasteiger partial charge in [0.15, 0.2) is 0 Å². The molecule has 0 amide bonds. The Morgan fingerprint density at radius 1 is 1.40 bits per heavy atom. The van der Waals surface area contributed by atoms with Crippen molar-refractivity contribution < 1.29 is 4.74 Å². The molecule has 0 unspecified atom stereocenters. The smallest absolute Gasteiger partial charge is 0.142 e. The molecule has 0 atom stereocenters. The fourth-order valence-electron chi connectivity index (χ4n) is 1.35. The number of aryl methyl sites for hydroxylation is 1. The molecule has 0 aliphatic heterocycles. The van der Waals surface area contributed by atoms with E-state index in [-0.39, 0.29) is 0 Å². The number of ether oxygens (including phenoxy) is 1. The molecule has 2 rings (SSSR count). The molecule has 0 saturated heterocycles. The summed E-state index contributed by atoms with van der Waals surface area (Å²) in [6.07, 6.45) is 1.84. The van der Waals surface area contributed by atoms with Crippen LogP contribution < -0.4 is 10.5 Å². The van der Waals surface area contributed by atoms with Gasteiger partial charge in [0.25, 0.3) is 0 Å². The summed E-state index contributed by atoms with van der Waals surface area (Å²) in [5.74, 6) is 0.651. The molecule has 1 aromatic carbocycles. The first-order valence-corrected chi connectivity index (χ1v) is 4.51. The van der Waals surface area contributed by atoms with Crippen molar-refractivity contribution in [3.05, 3.63) is 24.4 Å². The van der Waals surface area contributed by atoms with E-state index in [1.165, 1.54) is 0 Å². The number of nitrogen functional groups attached to an aromatic ring is 1. The maximum absolute atomic E-state index is 5.72. The lowest BCUT2D eigenvalue weighted by Gasteiger charge is -2.05. The molecule has 0 bridgehead atoms. The van der Waals surface area contributed by atoms with E-state index in [1.54, 1.807) is 17.9 Å². The Hall–Kier alpha value is -2.04. The Bertz CT molecular complexity index is 478. The quantitative estimate of drug-likeness (QED) is 0.743. The van der Waals surface area contributed by atoms with Gasteiger partial charge in [0.05, 0.1) is 19.0 Å². The normalized spacial score (nSPS) is 10.3. The van der Waals surface area contributed by atoms with Gasteiger partial charge in [0.1, 0.15) is 11.4 Å². The Labute approximate surface area is 87.5 Å². The number of hydrogen-bond donors (Lipinski definition) is 1. The van der Waals surface area contributed by atoms with Gasteiger partial charge in [-0.3, -0.25) is 4.68 Å². The van der Waals surface area contributed by atoms with Crippen molar-refractivity contribution in [3.8, 4) is 17.0 Å². The van der Waals surface area contributed by atoms with Crippen molar-refractivity contribution >= 4 is 5.69 Å². The summed E-state index contributed by atoms with van der Waals surface area (Å²) in [4.78, 5) is 0. The maximum Gasteiger partial charge on any atom is 0.142 e. The second-order valence-corrected chi connectivity index (χ2v) is 3.23. The largest absolute Gasteiger partial charge is 0.495 e. The topological polar surface area (TPSA) is 66.0 Å². The molecule has 78 valence electrons. The summed E-state index contributed by atoms with van der Waals surface area (Å²) in [5.41, 5.74) is 8.07. The summed E-state index contributed by atoms with van der Waals surface area (Å²) >= 11 is 0. The van der Waals surface area contributed by atoms with Crippen LogP contribution in [-0.2, 0) is 7.05 Å². The molecule has 5 heteroatoms. The lowest BCUT2D eigenvalue weighted by molar-refractivity contribution is 0.417. The van der Waals surface area contributed by atoms with Crippen molar-refractivity contribution in [1.29, 1.82) is 0 Å². The van der Waals surface area contributed by atoms with Crippen LogP contribution in [0.5, 0.6) is 5.75 Å². The van der Waals surface area contributed by atoms with Crippen molar-refractivity contribution in [3.63, 3.8) is 0 Å².